The van der Waals surface area contributed by atoms with E-state index in [9.17, 15) is 14.4 Å². The van der Waals surface area contributed by atoms with E-state index in [-0.39, 0.29) is 30.1 Å². The number of hydrogen-bond donors (Lipinski definition) is 2. The third kappa shape index (κ3) is 7.00. The van der Waals surface area contributed by atoms with Crippen molar-refractivity contribution in [2.45, 2.75) is 38.0 Å². The molecule has 0 heterocycles. The first-order chi connectivity index (χ1) is 17.0. The van der Waals surface area contributed by atoms with E-state index in [1.807, 2.05) is 56.3 Å². The van der Waals surface area contributed by atoms with Gasteiger partial charge in [-0.15, -0.1) is 0 Å². The number of hydrogen-bond acceptors (Lipinski definition) is 3. The first-order valence-corrected chi connectivity index (χ1v) is 12.2. The van der Waals surface area contributed by atoms with Crippen molar-refractivity contribution in [3.8, 4) is 6.07 Å². The highest BCUT2D eigenvalue weighted by Gasteiger charge is 2.35. The van der Waals surface area contributed by atoms with Gasteiger partial charge in [-0.25, -0.2) is 4.39 Å². The molecule has 0 fully saturated rings. The second kappa shape index (κ2) is 12.8. The predicted octanol–water partition coefficient (Wildman–Crippen LogP) is 5.56. The molecule has 0 spiro atoms. The molecule has 3 aromatic rings. The van der Waals surface area contributed by atoms with Crippen molar-refractivity contribution in [2.75, 3.05) is 19.6 Å². The van der Waals surface area contributed by atoms with E-state index < -0.39 is 5.41 Å². The highest BCUT2D eigenvalue weighted by molar-refractivity contribution is 5.77. The lowest BCUT2D eigenvalue weighted by atomic mass is 9.70. The van der Waals surface area contributed by atoms with Crippen LogP contribution in [0.5, 0.6) is 0 Å². The van der Waals surface area contributed by atoms with Gasteiger partial charge >= 0.3 is 0 Å². The van der Waals surface area contributed by atoms with Crippen molar-refractivity contribution < 1.29 is 9.18 Å². The van der Waals surface area contributed by atoms with Gasteiger partial charge in [-0.1, -0.05) is 86.6 Å². The lowest BCUT2D eigenvalue weighted by Gasteiger charge is -2.31. The van der Waals surface area contributed by atoms with Crippen LogP contribution in [0.25, 0.3) is 0 Å². The minimum absolute atomic E-state index is 0.0135. The Morgan fingerprint density at radius 2 is 1.60 bits per heavy atom. The molecule has 0 aliphatic heterocycles. The molecule has 0 saturated heterocycles. The van der Waals surface area contributed by atoms with Gasteiger partial charge in [-0.3, -0.25) is 4.79 Å². The molecule has 5 heteroatoms. The van der Waals surface area contributed by atoms with Crippen LogP contribution in [0.1, 0.15) is 49.3 Å². The van der Waals surface area contributed by atoms with E-state index in [0.29, 0.717) is 31.5 Å². The Morgan fingerprint density at radius 3 is 2.14 bits per heavy atom. The normalized spacial score (nSPS) is 12.8. The minimum Gasteiger partial charge on any atom is -0.355 e. The Bertz CT molecular complexity index is 1070. The van der Waals surface area contributed by atoms with Gasteiger partial charge in [0.2, 0.25) is 5.91 Å². The smallest absolute Gasteiger partial charge is 0.233 e. The van der Waals surface area contributed by atoms with E-state index in [0.717, 1.165) is 0 Å². The molecule has 182 valence electrons. The summed E-state index contributed by atoms with van der Waals surface area (Å²) in [4.78, 5) is 12.5. The molecule has 1 amide bonds. The van der Waals surface area contributed by atoms with Crippen molar-refractivity contribution in [3.63, 3.8) is 0 Å². The summed E-state index contributed by atoms with van der Waals surface area (Å²) < 4.78 is 13.8. The lowest BCUT2D eigenvalue weighted by molar-refractivity contribution is -0.120. The first kappa shape index (κ1) is 26.1. The van der Waals surface area contributed by atoms with Gasteiger partial charge in [0.1, 0.15) is 5.82 Å². The Balaban J connectivity index is 1.50. The van der Waals surface area contributed by atoms with E-state index in [1.165, 1.54) is 23.3 Å². The highest BCUT2D eigenvalue weighted by atomic mass is 19.1. The van der Waals surface area contributed by atoms with Crippen molar-refractivity contribution in [3.05, 3.63) is 107 Å². The van der Waals surface area contributed by atoms with Crippen molar-refractivity contribution >= 4 is 5.91 Å². The predicted molar refractivity (Wildman–Crippen MR) is 138 cm³/mol. The van der Waals surface area contributed by atoms with Crippen LogP contribution in [-0.4, -0.2) is 25.5 Å². The number of benzene rings is 3. The number of nitriles is 1. The molecule has 3 aromatic carbocycles. The number of carbonyl (C=O) groups excluding carboxylic acids is 1. The number of nitrogens with one attached hydrogen (secondary N) is 2. The molecule has 0 saturated carbocycles. The number of carbonyl (C=O) groups is 1. The summed E-state index contributed by atoms with van der Waals surface area (Å²) in [6, 6.07) is 29.3. The summed E-state index contributed by atoms with van der Waals surface area (Å²) in [6.45, 7) is 5.28. The summed E-state index contributed by atoms with van der Waals surface area (Å²) in [5.41, 5.74) is 2.30. The Labute approximate surface area is 208 Å². The molecule has 0 radical (unpaired) electrons. The van der Waals surface area contributed by atoms with Gasteiger partial charge < -0.3 is 10.6 Å². The zero-order valence-electron chi connectivity index (χ0n) is 20.5. The molecule has 0 aliphatic carbocycles. The topological polar surface area (TPSA) is 64.9 Å². The fourth-order valence-electron chi connectivity index (χ4n) is 4.57. The van der Waals surface area contributed by atoms with Crippen LogP contribution in [0.4, 0.5) is 4.39 Å². The lowest BCUT2D eigenvalue weighted by Crippen LogP contribution is -2.37. The molecule has 1 atom stereocenters. The fraction of sp³-hybridized carbons (Fsp3) is 0.333. The van der Waals surface area contributed by atoms with Crippen LogP contribution in [0.15, 0.2) is 84.9 Å². The van der Waals surface area contributed by atoms with Crippen LogP contribution < -0.4 is 10.6 Å². The second-order valence-corrected chi connectivity index (χ2v) is 9.21. The van der Waals surface area contributed by atoms with Crippen LogP contribution in [0, 0.1) is 23.1 Å². The average Bonchev–Trinajstić information content (AvgIpc) is 2.88. The summed E-state index contributed by atoms with van der Waals surface area (Å²) >= 11 is 0. The fourth-order valence-corrected chi connectivity index (χ4v) is 4.57. The van der Waals surface area contributed by atoms with Gasteiger partial charge in [0.05, 0.1) is 18.0 Å². The Hall–Kier alpha value is -3.49. The number of nitrogens with zero attached hydrogens (tertiary/aromatic N) is 1. The quantitative estimate of drug-likeness (QED) is 0.340. The van der Waals surface area contributed by atoms with Crippen molar-refractivity contribution in [1.29, 1.82) is 5.26 Å². The third-order valence-corrected chi connectivity index (χ3v) is 6.63. The molecular weight excluding hydrogens is 437 g/mol. The zero-order valence-corrected chi connectivity index (χ0v) is 20.5. The van der Waals surface area contributed by atoms with E-state index >= 15 is 0 Å². The molecule has 0 bridgehead atoms. The van der Waals surface area contributed by atoms with Gasteiger partial charge in [-0.05, 0) is 47.6 Å². The summed E-state index contributed by atoms with van der Waals surface area (Å²) in [6.07, 6.45) is 1.17. The van der Waals surface area contributed by atoms with E-state index in [4.69, 9.17) is 0 Å². The van der Waals surface area contributed by atoms with Crippen LogP contribution in [0.2, 0.25) is 0 Å². The second-order valence-electron chi connectivity index (χ2n) is 9.21. The van der Waals surface area contributed by atoms with Crippen molar-refractivity contribution in [1.82, 2.24) is 10.6 Å². The van der Waals surface area contributed by atoms with Crippen LogP contribution >= 0.6 is 0 Å². The summed E-state index contributed by atoms with van der Waals surface area (Å²) in [5.74, 6) is -0.257. The number of rotatable bonds is 12. The molecule has 2 N–H and O–H groups in total. The zero-order chi connectivity index (χ0) is 25.1. The maximum Gasteiger partial charge on any atom is 0.233 e. The van der Waals surface area contributed by atoms with Gasteiger partial charge in [0.15, 0.2) is 0 Å². The molecule has 1 unspecified atom stereocenters. The minimum atomic E-state index is -0.788. The molecule has 3 rings (SSSR count). The molecular formula is C30H34FN3O. The monoisotopic (exact) mass is 471 g/mol. The van der Waals surface area contributed by atoms with Crippen LogP contribution in [-0.2, 0) is 10.2 Å². The van der Waals surface area contributed by atoms with E-state index in [2.05, 4.69) is 41.0 Å². The van der Waals surface area contributed by atoms with Gasteiger partial charge in [0, 0.05) is 19.0 Å². The number of halogens is 1. The van der Waals surface area contributed by atoms with Crippen molar-refractivity contribution in [2.24, 2.45) is 5.92 Å². The average molecular weight is 472 g/mol. The van der Waals surface area contributed by atoms with Gasteiger partial charge in [-0.2, -0.15) is 5.26 Å². The largest absolute Gasteiger partial charge is 0.355 e. The molecule has 0 aromatic heterocycles. The maximum absolute atomic E-state index is 13.8. The maximum atomic E-state index is 13.8. The standard InChI is InChI=1S/C30H34FN3O/c1-23(2)30(22-32,26-15-9-16-27(31)19-26)17-10-18-34-29(35)21-33-20-28(24-11-5-3-6-12-24)25-13-7-4-8-14-25/h3-9,11-16,19,23,28,33H,10,17-18,20-21H2,1-2H3,(H,34,35). The van der Waals surface area contributed by atoms with Crippen LogP contribution in [0.3, 0.4) is 0 Å². The molecule has 35 heavy (non-hydrogen) atoms. The third-order valence-electron chi connectivity index (χ3n) is 6.63. The molecule has 0 aliphatic rings. The summed E-state index contributed by atoms with van der Waals surface area (Å²) in [5, 5.41) is 16.2. The first-order valence-electron chi connectivity index (χ1n) is 12.2. The summed E-state index contributed by atoms with van der Waals surface area (Å²) in [7, 11) is 0. The Kier molecular flexibility index (Phi) is 9.57. The van der Waals surface area contributed by atoms with Gasteiger partial charge in [0.25, 0.3) is 0 Å². The highest BCUT2D eigenvalue weighted by Crippen LogP contribution is 2.36. The molecule has 4 nitrogen and oxygen atoms in total. The number of amides is 1. The van der Waals surface area contributed by atoms with E-state index in [1.54, 1.807) is 6.07 Å². The SMILES string of the molecule is CC(C)C(C#N)(CCCNC(=O)CNCC(c1ccccc1)c1ccccc1)c1cccc(F)c1. The Morgan fingerprint density at radius 1 is 0.971 bits per heavy atom.